The van der Waals surface area contributed by atoms with E-state index >= 15 is 0 Å². The second-order valence-electron chi connectivity index (χ2n) is 4.99. The van der Waals surface area contributed by atoms with Gasteiger partial charge in [0.15, 0.2) is 0 Å². The Hall–Kier alpha value is -1.66. The van der Waals surface area contributed by atoms with Crippen molar-refractivity contribution >= 4 is 11.7 Å². The number of piperidine rings is 1. The minimum Gasteiger partial charge on any atom is -0.465 e. The van der Waals surface area contributed by atoms with E-state index in [0.29, 0.717) is 17.8 Å². The molecule has 0 bridgehead atoms. The molecule has 0 aromatic carbocycles. The molecule has 6 nitrogen and oxygen atoms in total. The quantitative estimate of drug-likeness (QED) is 0.822. The summed E-state index contributed by atoms with van der Waals surface area (Å²) in [6, 6.07) is 1.87. The fourth-order valence-corrected chi connectivity index (χ4v) is 2.43. The molecule has 2 N–H and O–H groups in total. The second kappa shape index (κ2) is 6.19. The van der Waals surface area contributed by atoms with Crippen LogP contribution in [-0.4, -0.2) is 50.4 Å². The number of esters is 1. The summed E-state index contributed by atoms with van der Waals surface area (Å²) in [5, 5.41) is 0. The normalized spacial score (nSPS) is 22.7. The smallest absolute Gasteiger partial charge is 0.339 e. The van der Waals surface area contributed by atoms with Gasteiger partial charge in [0.05, 0.1) is 36.4 Å². The van der Waals surface area contributed by atoms with Gasteiger partial charge in [-0.1, -0.05) is 0 Å². The molecule has 1 saturated heterocycles. The van der Waals surface area contributed by atoms with Gasteiger partial charge in [0.2, 0.25) is 0 Å². The van der Waals surface area contributed by atoms with Crippen LogP contribution in [0, 0.1) is 6.92 Å². The Bertz CT molecular complexity index is 493. The summed E-state index contributed by atoms with van der Waals surface area (Å²) in [6.45, 7) is 3.31. The van der Waals surface area contributed by atoms with E-state index in [0.717, 1.165) is 18.7 Å². The van der Waals surface area contributed by atoms with E-state index in [-0.39, 0.29) is 18.1 Å². The molecule has 0 aliphatic carbocycles. The van der Waals surface area contributed by atoms with Crippen molar-refractivity contribution in [3.8, 4) is 0 Å². The minimum atomic E-state index is -0.367. The van der Waals surface area contributed by atoms with Crippen LogP contribution in [0.1, 0.15) is 22.5 Å². The Balaban J connectivity index is 2.23. The van der Waals surface area contributed by atoms with Crippen molar-refractivity contribution in [1.82, 2.24) is 4.98 Å². The van der Waals surface area contributed by atoms with E-state index in [1.54, 1.807) is 20.2 Å². The molecule has 1 aliphatic heterocycles. The fraction of sp³-hybridized carbons (Fsp3) is 0.571. The summed E-state index contributed by atoms with van der Waals surface area (Å²) in [5.41, 5.74) is 8.06. The number of hydrogen-bond donors (Lipinski definition) is 1. The van der Waals surface area contributed by atoms with E-state index in [1.165, 1.54) is 7.11 Å². The number of hydrogen-bond acceptors (Lipinski definition) is 6. The first-order valence-electron chi connectivity index (χ1n) is 6.65. The molecule has 0 spiro atoms. The topological polar surface area (TPSA) is 77.7 Å². The lowest BCUT2D eigenvalue weighted by molar-refractivity contribution is 0.0599. The van der Waals surface area contributed by atoms with Gasteiger partial charge in [0.1, 0.15) is 0 Å². The van der Waals surface area contributed by atoms with Crippen LogP contribution in [0.3, 0.4) is 0 Å². The highest BCUT2D eigenvalue weighted by Crippen LogP contribution is 2.22. The highest BCUT2D eigenvalue weighted by molar-refractivity contribution is 5.91. The zero-order chi connectivity index (χ0) is 14.7. The Morgan fingerprint density at radius 2 is 2.25 bits per heavy atom. The van der Waals surface area contributed by atoms with Gasteiger partial charge >= 0.3 is 5.97 Å². The lowest BCUT2D eigenvalue weighted by Crippen LogP contribution is -2.51. The van der Waals surface area contributed by atoms with Gasteiger partial charge in [0.25, 0.3) is 0 Å². The minimum absolute atomic E-state index is 0.00775. The number of nitrogens with two attached hydrogens (primary N) is 1. The largest absolute Gasteiger partial charge is 0.465 e. The van der Waals surface area contributed by atoms with Crippen LogP contribution >= 0.6 is 0 Å². The third kappa shape index (κ3) is 2.91. The maximum Gasteiger partial charge on any atom is 0.339 e. The molecule has 2 unspecified atom stereocenters. The molecule has 20 heavy (non-hydrogen) atoms. The average Bonchev–Trinajstić information content (AvgIpc) is 2.47. The van der Waals surface area contributed by atoms with Gasteiger partial charge < -0.3 is 20.1 Å². The molecule has 0 amide bonds. The highest BCUT2D eigenvalue weighted by Gasteiger charge is 2.27. The van der Waals surface area contributed by atoms with E-state index in [4.69, 9.17) is 15.2 Å². The Labute approximate surface area is 118 Å². The molecule has 0 radical (unpaired) electrons. The third-order valence-electron chi connectivity index (χ3n) is 3.76. The Kier molecular flexibility index (Phi) is 4.57. The summed E-state index contributed by atoms with van der Waals surface area (Å²) in [6.07, 6.45) is 2.61. The predicted molar refractivity (Wildman–Crippen MR) is 75.9 cm³/mol. The van der Waals surface area contributed by atoms with Gasteiger partial charge in [-0.15, -0.1) is 0 Å². The van der Waals surface area contributed by atoms with Gasteiger partial charge in [0, 0.05) is 26.2 Å². The fourth-order valence-electron chi connectivity index (χ4n) is 2.43. The molecule has 110 valence electrons. The third-order valence-corrected chi connectivity index (χ3v) is 3.76. The zero-order valence-corrected chi connectivity index (χ0v) is 12.1. The van der Waals surface area contributed by atoms with Crippen LogP contribution in [0.25, 0.3) is 0 Å². The summed E-state index contributed by atoms with van der Waals surface area (Å²) in [4.78, 5) is 18.1. The average molecular weight is 279 g/mol. The van der Waals surface area contributed by atoms with Crippen molar-refractivity contribution in [2.75, 3.05) is 32.2 Å². The van der Waals surface area contributed by atoms with Crippen molar-refractivity contribution in [2.24, 2.45) is 5.73 Å². The van der Waals surface area contributed by atoms with E-state index in [2.05, 4.69) is 9.88 Å². The molecule has 2 rings (SSSR count). The van der Waals surface area contributed by atoms with Crippen molar-refractivity contribution in [3.05, 3.63) is 23.5 Å². The number of rotatable bonds is 3. The predicted octanol–water partition coefficient (Wildman–Crippen LogP) is 0.729. The molecule has 1 aromatic heterocycles. The first kappa shape index (κ1) is 14.7. The monoisotopic (exact) mass is 279 g/mol. The molecule has 2 heterocycles. The number of nitrogens with zero attached hydrogens (tertiary/aromatic N) is 2. The number of methoxy groups -OCH3 is 2. The Morgan fingerprint density at radius 3 is 2.90 bits per heavy atom. The van der Waals surface area contributed by atoms with Crippen LogP contribution in [0.2, 0.25) is 0 Å². The summed E-state index contributed by atoms with van der Waals surface area (Å²) >= 11 is 0. The molecule has 1 aromatic rings. The van der Waals surface area contributed by atoms with Crippen molar-refractivity contribution in [2.45, 2.75) is 25.5 Å². The number of carbonyl (C=O) groups excluding carboxylic acids is 1. The Morgan fingerprint density at radius 1 is 1.50 bits per heavy atom. The molecular weight excluding hydrogens is 258 g/mol. The van der Waals surface area contributed by atoms with Gasteiger partial charge in [-0.05, 0) is 19.4 Å². The molecule has 2 atom stereocenters. The van der Waals surface area contributed by atoms with Crippen molar-refractivity contribution in [3.63, 3.8) is 0 Å². The number of carbonyl (C=O) groups is 1. The molecule has 0 saturated carbocycles. The molecule has 6 heteroatoms. The highest BCUT2D eigenvalue weighted by atomic mass is 16.5. The van der Waals surface area contributed by atoms with Crippen LogP contribution in [0.4, 0.5) is 5.69 Å². The summed E-state index contributed by atoms with van der Waals surface area (Å²) in [7, 11) is 3.04. The number of anilines is 1. The first-order chi connectivity index (χ1) is 9.56. The van der Waals surface area contributed by atoms with E-state index < -0.39 is 0 Å². The van der Waals surface area contributed by atoms with Gasteiger partial charge in [-0.3, -0.25) is 4.98 Å². The standard InChI is InChI=1S/C14H21N3O3/c1-9-11(14(18)20-3)6-10(7-16-9)17-5-4-12(15)13(8-17)19-2/h6-7,12-13H,4-5,8,15H2,1-3H3. The van der Waals surface area contributed by atoms with Crippen LogP contribution < -0.4 is 10.6 Å². The van der Waals surface area contributed by atoms with Crippen LogP contribution in [0.5, 0.6) is 0 Å². The van der Waals surface area contributed by atoms with E-state index in [1.807, 2.05) is 6.07 Å². The van der Waals surface area contributed by atoms with Gasteiger partial charge in [-0.25, -0.2) is 4.79 Å². The van der Waals surface area contributed by atoms with Crippen LogP contribution in [0.15, 0.2) is 12.3 Å². The van der Waals surface area contributed by atoms with Crippen molar-refractivity contribution < 1.29 is 14.3 Å². The number of ether oxygens (including phenoxy) is 2. The number of aromatic nitrogens is 1. The SMILES string of the molecule is COC(=O)c1cc(N2CCC(N)C(OC)C2)cnc1C. The zero-order valence-electron chi connectivity index (χ0n) is 12.1. The maximum atomic E-state index is 11.7. The number of pyridine rings is 1. The molecule has 1 fully saturated rings. The second-order valence-corrected chi connectivity index (χ2v) is 4.99. The summed E-state index contributed by atoms with van der Waals surface area (Å²) in [5.74, 6) is -0.367. The number of aryl methyl sites for hydroxylation is 1. The van der Waals surface area contributed by atoms with Crippen molar-refractivity contribution in [1.29, 1.82) is 0 Å². The van der Waals surface area contributed by atoms with Crippen LogP contribution in [-0.2, 0) is 9.47 Å². The first-order valence-corrected chi connectivity index (χ1v) is 6.65. The molecule has 1 aliphatic rings. The lowest BCUT2D eigenvalue weighted by atomic mass is 10.0. The van der Waals surface area contributed by atoms with Gasteiger partial charge in [-0.2, -0.15) is 0 Å². The summed E-state index contributed by atoms with van der Waals surface area (Å²) < 4.78 is 10.2. The lowest BCUT2D eigenvalue weighted by Gasteiger charge is -2.37. The maximum absolute atomic E-state index is 11.7. The van der Waals surface area contributed by atoms with E-state index in [9.17, 15) is 4.79 Å². The molecular formula is C14H21N3O3.